The first-order valence-electron chi connectivity index (χ1n) is 23.2. The number of nitrogens with zero attached hydrogens (tertiary/aromatic N) is 1. The van der Waals surface area contributed by atoms with E-state index in [2.05, 4.69) is 25.7 Å². The molecule has 0 spiro atoms. The Morgan fingerprint density at radius 1 is 0.509 bits per heavy atom. The van der Waals surface area contributed by atoms with Crippen molar-refractivity contribution < 1.29 is 24.2 Å². The van der Waals surface area contributed by atoms with Crippen molar-refractivity contribution in [1.29, 1.82) is 0 Å². The number of primary amides is 1. The third-order valence-corrected chi connectivity index (χ3v) is 10.8. The highest BCUT2D eigenvalue weighted by atomic mass is 16.5. The van der Waals surface area contributed by atoms with Crippen molar-refractivity contribution in [3.63, 3.8) is 0 Å². The minimum Gasteiger partial charge on any atom is -0.483 e. The van der Waals surface area contributed by atoms with Crippen LogP contribution in [0.4, 0.5) is 0 Å². The van der Waals surface area contributed by atoms with Crippen LogP contribution in [0.2, 0.25) is 0 Å². The molecule has 0 aromatic rings. The number of carbonyl (C=O) groups is 3. The van der Waals surface area contributed by atoms with Crippen molar-refractivity contribution in [3.8, 4) is 0 Å². The van der Waals surface area contributed by atoms with Crippen LogP contribution in [0.25, 0.3) is 0 Å². The second-order valence-corrected chi connectivity index (χ2v) is 15.9. The fourth-order valence-corrected chi connectivity index (χ4v) is 7.42. The maximum Gasteiger partial charge on any atom is 0.305 e. The van der Waals surface area contributed by atoms with E-state index < -0.39 is 0 Å². The Bertz CT molecular complexity index is 733. The van der Waals surface area contributed by atoms with Crippen molar-refractivity contribution in [1.82, 2.24) is 4.90 Å². The van der Waals surface area contributed by atoms with Crippen molar-refractivity contribution >= 4 is 18.3 Å². The van der Waals surface area contributed by atoms with E-state index in [0.717, 1.165) is 51.2 Å². The van der Waals surface area contributed by atoms with Gasteiger partial charge in [0.05, 0.1) is 6.61 Å². The summed E-state index contributed by atoms with van der Waals surface area (Å²) in [5.41, 5.74) is 5.43. The molecule has 0 aliphatic heterocycles. The number of carboxylic acid groups (broad SMARTS) is 1. The molecule has 3 N–H and O–H groups in total. The molecule has 7 nitrogen and oxygen atoms in total. The number of hydrogen-bond donors (Lipinski definition) is 2. The Labute approximate surface area is 330 Å². The third-order valence-electron chi connectivity index (χ3n) is 10.8. The van der Waals surface area contributed by atoms with Crippen molar-refractivity contribution in [3.05, 3.63) is 0 Å². The standard InChI is InChI=1S/C45H90N2O3.CH2O2/c1-4-7-10-13-16-25-32-42-50-45(49)38-29-22-18-24-31-40-47(41-33-37-44(46)48)39-30-23-17-21-28-36-43(34-26-19-14-11-8-5-2)35-27-20-15-12-9-6-3;2-1-3/h43H,4-42H2,1-3H3,(H2,46,48);1H,(H,2,3). The Hall–Kier alpha value is -1.63. The molecule has 7 heteroatoms. The van der Waals surface area contributed by atoms with Crippen molar-refractivity contribution in [2.75, 3.05) is 26.2 Å². The van der Waals surface area contributed by atoms with E-state index in [1.54, 1.807) is 0 Å². The van der Waals surface area contributed by atoms with Crippen LogP contribution in [-0.2, 0) is 19.1 Å². The molecule has 0 heterocycles. The van der Waals surface area contributed by atoms with Gasteiger partial charge in [-0.15, -0.1) is 0 Å². The maximum absolute atomic E-state index is 12.0. The molecule has 0 saturated heterocycles. The summed E-state index contributed by atoms with van der Waals surface area (Å²) >= 11 is 0. The number of nitrogens with two attached hydrogens (primary N) is 1. The first-order valence-corrected chi connectivity index (χ1v) is 23.2. The van der Waals surface area contributed by atoms with Gasteiger partial charge in [-0.2, -0.15) is 0 Å². The highest BCUT2D eigenvalue weighted by Gasteiger charge is 2.10. The minimum atomic E-state index is -0.250. The lowest BCUT2D eigenvalue weighted by Crippen LogP contribution is -2.28. The molecule has 0 aromatic heterocycles. The summed E-state index contributed by atoms with van der Waals surface area (Å²) in [4.78, 5) is 34.3. The predicted molar refractivity (Wildman–Crippen MR) is 227 cm³/mol. The second kappa shape index (κ2) is 46.5. The maximum atomic E-state index is 12.0. The summed E-state index contributed by atoms with van der Waals surface area (Å²) in [5.74, 6) is 0.761. The molecule has 53 heavy (non-hydrogen) atoms. The molecule has 0 rings (SSSR count). The molecule has 316 valence electrons. The van der Waals surface area contributed by atoms with Crippen LogP contribution >= 0.6 is 0 Å². The normalized spacial score (nSPS) is 11.2. The van der Waals surface area contributed by atoms with E-state index in [0.29, 0.717) is 19.4 Å². The van der Waals surface area contributed by atoms with Crippen LogP contribution in [0.5, 0.6) is 0 Å². The first kappa shape index (κ1) is 53.5. The molecule has 0 saturated carbocycles. The largest absolute Gasteiger partial charge is 0.483 e. The van der Waals surface area contributed by atoms with Gasteiger partial charge in [0.15, 0.2) is 0 Å². The second-order valence-electron chi connectivity index (χ2n) is 15.9. The molecule has 1 amide bonds. The van der Waals surface area contributed by atoms with E-state index >= 15 is 0 Å². The molecule has 0 atom stereocenters. The number of rotatable bonds is 42. The zero-order valence-electron chi connectivity index (χ0n) is 35.8. The lowest BCUT2D eigenvalue weighted by Gasteiger charge is -2.22. The highest BCUT2D eigenvalue weighted by molar-refractivity contribution is 5.73. The average molecular weight is 753 g/mol. The zero-order chi connectivity index (χ0) is 39.3. The number of carbonyl (C=O) groups excluding carboxylic acids is 2. The van der Waals surface area contributed by atoms with Crippen LogP contribution in [0.15, 0.2) is 0 Å². The van der Waals surface area contributed by atoms with Crippen molar-refractivity contribution in [2.24, 2.45) is 11.7 Å². The number of esters is 1. The Morgan fingerprint density at radius 2 is 0.849 bits per heavy atom. The van der Waals surface area contributed by atoms with Gasteiger partial charge in [0.25, 0.3) is 6.47 Å². The molecule has 0 fully saturated rings. The van der Waals surface area contributed by atoms with Gasteiger partial charge in [0.1, 0.15) is 0 Å². The molecule has 0 unspecified atom stereocenters. The van der Waals surface area contributed by atoms with E-state index in [-0.39, 0.29) is 18.3 Å². The Morgan fingerprint density at radius 3 is 1.26 bits per heavy atom. The number of ether oxygens (including phenoxy) is 1. The van der Waals surface area contributed by atoms with Crippen LogP contribution in [-0.4, -0.2) is 54.6 Å². The number of unbranched alkanes of at least 4 members (excludes halogenated alkanes) is 24. The quantitative estimate of drug-likeness (QED) is 0.0365. The monoisotopic (exact) mass is 753 g/mol. The van der Waals surface area contributed by atoms with Gasteiger partial charge in [-0.1, -0.05) is 201 Å². The molecule has 0 aromatic carbocycles. The Kier molecular flexibility index (Phi) is 46.9. The minimum absolute atomic E-state index is 0.0160. The lowest BCUT2D eigenvalue weighted by molar-refractivity contribution is -0.144. The van der Waals surface area contributed by atoms with E-state index in [1.165, 1.54) is 186 Å². The summed E-state index contributed by atoms with van der Waals surface area (Å²) in [6.07, 6.45) is 44.4. The van der Waals surface area contributed by atoms with Crippen LogP contribution in [0.3, 0.4) is 0 Å². The van der Waals surface area contributed by atoms with E-state index in [4.69, 9.17) is 20.4 Å². The van der Waals surface area contributed by atoms with Crippen LogP contribution in [0.1, 0.15) is 245 Å². The van der Waals surface area contributed by atoms with E-state index in [1.807, 2.05) is 0 Å². The molecular formula is C46H92N2O5. The van der Waals surface area contributed by atoms with E-state index in [9.17, 15) is 9.59 Å². The zero-order valence-corrected chi connectivity index (χ0v) is 35.8. The SMILES string of the molecule is CCCCCCCCCOC(=O)CCCCCCCN(CCCCCCCC(CCCCCCCC)CCCCCCCC)CCCC(N)=O.O=CO. The summed E-state index contributed by atoms with van der Waals surface area (Å²) in [5, 5.41) is 6.89. The van der Waals surface area contributed by atoms with Gasteiger partial charge in [-0.25, -0.2) is 0 Å². The first-order chi connectivity index (χ1) is 25.9. The van der Waals surface area contributed by atoms with Gasteiger partial charge >= 0.3 is 5.97 Å². The van der Waals surface area contributed by atoms with Crippen LogP contribution in [0, 0.1) is 5.92 Å². The summed E-state index contributed by atoms with van der Waals surface area (Å²) in [7, 11) is 0. The predicted octanol–water partition coefficient (Wildman–Crippen LogP) is 13.3. The summed E-state index contributed by atoms with van der Waals surface area (Å²) in [6, 6.07) is 0. The van der Waals surface area contributed by atoms with Gasteiger partial charge < -0.3 is 20.5 Å². The molecule has 0 bridgehead atoms. The molecule has 0 radical (unpaired) electrons. The van der Waals surface area contributed by atoms with Crippen molar-refractivity contribution in [2.45, 2.75) is 245 Å². The third kappa shape index (κ3) is 46.4. The number of hydrogen-bond acceptors (Lipinski definition) is 5. The van der Waals surface area contributed by atoms with Gasteiger partial charge in [0, 0.05) is 12.8 Å². The van der Waals surface area contributed by atoms with Gasteiger partial charge in [-0.05, 0) is 57.7 Å². The molecular weight excluding hydrogens is 661 g/mol. The topological polar surface area (TPSA) is 110 Å². The van der Waals surface area contributed by atoms with Crippen LogP contribution < -0.4 is 5.73 Å². The average Bonchev–Trinajstić information content (AvgIpc) is 3.14. The van der Waals surface area contributed by atoms with Gasteiger partial charge in [0.2, 0.25) is 5.91 Å². The highest BCUT2D eigenvalue weighted by Crippen LogP contribution is 2.25. The smallest absolute Gasteiger partial charge is 0.305 e. The summed E-state index contributed by atoms with van der Waals surface area (Å²) < 4.78 is 5.44. The summed E-state index contributed by atoms with van der Waals surface area (Å²) in [6.45, 7) is 10.4. The molecule has 0 aliphatic rings. The molecule has 0 aliphatic carbocycles. The fourth-order valence-electron chi connectivity index (χ4n) is 7.42. The number of amides is 1. The lowest BCUT2D eigenvalue weighted by atomic mass is 9.89. The fraction of sp³-hybridized carbons (Fsp3) is 0.935. The Balaban J connectivity index is 0. The van der Waals surface area contributed by atoms with Gasteiger partial charge in [-0.3, -0.25) is 14.4 Å².